The fraction of sp³-hybridized carbons (Fsp3) is 0.333. The molecule has 0 atom stereocenters. The maximum Gasteiger partial charge on any atom is 0.276 e. The second-order valence-electron chi connectivity index (χ2n) is 3.34. The van der Waals surface area contributed by atoms with Crippen LogP contribution in [0.2, 0.25) is 0 Å². The lowest BCUT2D eigenvalue weighted by molar-refractivity contribution is 0.361. The van der Waals surface area contributed by atoms with E-state index in [0.717, 1.165) is 4.31 Å². The predicted octanol–water partition coefficient (Wildman–Crippen LogP) is 2.29. The molecule has 0 N–H and O–H groups in total. The molecule has 1 aromatic rings. The maximum atomic E-state index is 13.0. The van der Waals surface area contributed by atoms with E-state index in [1.54, 1.807) is 0 Å². The lowest BCUT2D eigenvalue weighted by atomic mass is 10.3. The van der Waals surface area contributed by atoms with Gasteiger partial charge < -0.3 is 4.42 Å². The molecule has 4 nitrogen and oxygen atoms in total. The Morgan fingerprint density at radius 2 is 2.19 bits per heavy atom. The van der Waals surface area contributed by atoms with Crippen molar-refractivity contribution in [1.29, 1.82) is 0 Å². The van der Waals surface area contributed by atoms with Crippen molar-refractivity contribution in [3.05, 3.63) is 28.7 Å². The van der Waals surface area contributed by atoms with E-state index in [2.05, 4.69) is 15.9 Å². The maximum absolute atomic E-state index is 13.0. The molecule has 1 aliphatic rings. The molecule has 0 fully saturated rings. The van der Waals surface area contributed by atoms with E-state index in [-0.39, 0.29) is 18.2 Å². The fourth-order valence-electron chi connectivity index (χ4n) is 1.45. The summed E-state index contributed by atoms with van der Waals surface area (Å²) >= 11 is 3.03. The Bertz CT molecular complexity index is 523. The summed E-state index contributed by atoms with van der Waals surface area (Å²) in [5.41, 5.74) is 0. The first-order chi connectivity index (χ1) is 7.50. The van der Waals surface area contributed by atoms with Gasteiger partial charge in [0.2, 0.25) is 5.09 Å². The van der Waals surface area contributed by atoms with Crippen molar-refractivity contribution in [3.8, 4) is 0 Å². The molecule has 0 saturated carbocycles. The third-order valence-electron chi connectivity index (χ3n) is 2.21. The van der Waals surface area contributed by atoms with Crippen LogP contribution in [-0.2, 0) is 10.0 Å². The van der Waals surface area contributed by atoms with Crippen LogP contribution in [0.4, 0.5) is 4.39 Å². The highest BCUT2D eigenvalue weighted by Crippen LogP contribution is 2.24. The molecule has 0 aliphatic carbocycles. The molecule has 1 aromatic heterocycles. The van der Waals surface area contributed by atoms with Crippen molar-refractivity contribution < 1.29 is 17.2 Å². The van der Waals surface area contributed by atoms with E-state index < -0.39 is 15.9 Å². The van der Waals surface area contributed by atoms with Gasteiger partial charge in [-0.05, 0) is 34.5 Å². The summed E-state index contributed by atoms with van der Waals surface area (Å²) in [4.78, 5) is 0. The molecule has 2 rings (SSSR count). The summed E-state index contributed by atoms with van der Waals surface area (Å²) in [5.74, 6) is -0.430. The first kappa shape index (κ1) is 11.8. The topological polar surface area (TPSA) is 50.5 Å². The van der Waals surface area contributed by atoms with Crippen molar-refractivity contribution in [2.75, 3.05) is 13.1 Å². The normalized spacial score (nSPS) is 18.5. The average molecular weight is 310 g/mol. The number of hydrogen-bond acceptors (Lipinski definition) is 3. The van der Waals surface area contributed by atoms with Gasteiger partial charge in [0.15, 0.2) is 4.67 Å². The molecule has 0 saturated heterocycles. The first-order valence-electron chi connectivity index (χ1n) is 4.60. The highest BCUT2D eigenvalue weighted by molar-refractivity contribution is 9.10. The van der Waals surface area contributed by atoms with Gasteiger partial charge in [0.05, 0.1) is 6.54 Å². The van der Waals surface area contributed by atoms with E-state index in [1.165, 1.54) is 18.2 Å². The van der Waals surface area contributed by atoms with Gasteiger partial charge in [-0.2, -0.15) is 4.31 Å². The zero-order chi connectivity index (χ0) is 11.8. The summed E-state index contributed by atoms with van der Waals surface area (Å²) < 4.78 is 43.3. The first-order valence-corrected chi connectivity index (χ1v) is 6.83. The van der Waals surface area contributed by atoms with E-state index in [1.807, 2.05) is 0 Å². The molecule has 0 unspecified atom stereocenters. The van der Waals surface area contributed by atoms with Crippen LogP contribution >= 0.6 is 15.9 Å². The van der Waals surface area contributed by atoms with Crippen LogP contribution in [0, 0.1) is 0 Å². The number of rotatable bonds is 2. The van der Waals surface area contributed by atoms with Crippen molar-refractivity contribution in [1.82, 2.24) is 4.31 Å². The van der Waals surface area contributed by atoms with Crippen molar-refractivity contribution >= 4 is 26.0 Å². The van der Waals surface area contributed by atoms with Gasteiger partial charge in [0.1, 0.15) is 5.83 Å². The zero-order valence-electron chi connectivity index (χ0n) is 8.19. The molecule has 88 valence electrons. The molecule has 1 aliphatic heterocycles. The van der Waals surface area contributed by atoms with Gasteiger partial charge in [-0.25, -0.2) is 12.8 Å². The largest absolute Gasteiger partial charge is 0.437 e. The Morgan fingerprint density at radius 1 is 1.44 bits per heavy atom. The monoisotopic (exact) mass is 309 g/mol. The predicted molar refractivity (Wildman–Crippen MR) is 59.0 cm³/mol. The van der Waals surface area contributed by atoms with E-state index in [9.17, 15) is 12.8 Å². The smallest absolute Gasteiger partial charge is 0.276 e. The standard InChI is InChI=1S/C9H9BrFNO3S/c10-8-3-4-9(15-8)16(13,14)12-5-1-2-7(11)6-12/h2-4H,1,5-6H2. The fourth-order valence-corrected chi connectivity index (χ4v) is 3.19. The van der Waals surface area contributed by atoms with Gasteiger partial charge in [0, 0.05) is 6.54 Å². The average Bonchev–Trinajstić information content (AvgIpc) is 2.65. The highest BCUT2D eigenvalue weighted by Gasteiger charge is 2.29. The van der Waals surface area contributed by atoms with Crippen molar-refractivity contribution in [2.24, 2.45) is 0 Å². The summed E-state index contributed by atoms with van der Waals surface area (Å²) in [6, 6.07) is 2.83. The van der Waals surface area contributed by atoms with E-state index in [0.29, 0.717) is 11.1 Å². The summed E-state index contributed by atoms with van der Waals surface area (Å²) in [6.45, 7) is 0.0503. The minimum absolute atomic E-state index is 0.172. The third kappa shape index (κ3) is 2.21. The Labute approximate surface area is 101 Å². The molecule has 7 heteroatoms. The van der Waals surface area contributed by atoms with Crippen LogP contribution in [0.5, 0.6) is 0 Å². The number of furan rings is 1. The minimum Gasteiger partial charge on any atom is -0.437 e. The van der Waals surface area contributed by atoms with Crippen LogP contribution in [-0.4, -0.2) is 25.8 Å². The Balaban J connectivity index is 2.30. The molecular weight excluding hydrogens is 301 g/mol. The number of sulfonamides is 1. The van der Waals surface area contributed by atoms with Crippen LogP contribution < -0.4 is 0 Å². The Morgan fingerprint density at radius 3 is 2.75 bits per heavy atom. The van der Waals surface area contributed by atoms with Crippen LogP contribution in [0.25, 0.3) is 0 Å². The second kappa shape index (κ2) is 4.31. The molecular formula is C9H9BrFNO3S. The SMILES string of the molecule is O=S(=O)(c1ccc(Br)o1)N1CCC=C(F)C1. The van der Waals surface area contributed by atoms with Gasteiger partial charge in [-0.15, -0.1) is 0 Å². The molecule has 2 heterocycles. The van der Waals surface area contributed by atoms with E-state index >= 15 is 0 Å². The Hall–Kier alpha value is -0.660. The molecule has 0 amide bonds. The summed E-state index contributed by atoms with van der Waals surface area (Å²) in [5, 5.41) is -0.172. The number of halogens is 2. The van der Waals surface area contributed by atoms with E-state index in [4.69, 9.17) is 4.42 Å². The van der Waals surface area contributed by atoms with Crippen LogP contribution in [0.15, 0.2) is 38.2 Å². The van der Waals surface area contributed by atoms with Gasteiger partial charge in [-0.3, -0.25) is 0 Å². The third-order valence-corrected chi connectivity index (χ3v) is 4.36. The molecule has 0 spiro atoms. The highest BCUT2D eigenvalue weighted by atomic mass is 79.9. The molecule has 16 heavy (non-hydrogen) atoms. The Kier molecular flexibility index (Phi) is 3.18. The van der Waals surface area contributed by atoms with Gasteiger partial charge in [0.25, 0.3) is 10.0 Å². The molecule has 0 radical (unpaired) electrons. The quantitative estimate of drug-likeness (QED) is 0.842. The molecule has 0 bridgehead atoms. The lowest BCUT2D eigenvalue weighted by Crippen LogP contribution is -2.34. The number of nitrogens with zero attached hydrogens (tertiary/aromatic N) is 1. The lowest BCUT2D eigenvalue weighted by Gasteiger charge is -2.22. The summed E-state index contributed by atoms with van der Waals surface area (Å²) in [7, 11) is -3.72. The van der Waals surface area contributed by atoms with Crippen molar-refractivity contribution in [2.45, 2.75) is 11.5 Å². The second-order valence-corrected chi connectivity index (χ2v) is 5.99. The van der Waals surface area contributed by atoms with Crippen LogP contribution in [0.3, 0.4) is 0 Å². The summed E-state index contributed by atoms with van der Waals surface area (Å²) in [6.07, 6.45) is 1.77. The number of hydrogen-bond donors (Lipinski definition) is 0. The zero-order valence-corrected chi connectivity index (χ0v) is 10.6. The molecule has 0 aromatic carbocycles. The van der Waals surface area contributed by atoms with Gasteiger partial charge >= 0.3 is 0 Å². The van der Waals surface area contributed by atoms with Crippen molar-refractivity contribution in [3.63, 3.8) is 0 Å². The van der Waals surface area contributed by atoms with Crippen LogP contribution in [0.1, 0.15) is 6.42 Å². The minimum atomic E-state index is -3.72. The van der Waals surface area contributed by atoms with Gasteiger partial charge in [-0.1, -0.05) is 6.08 Å².